The third kappa shape index (κ3) is 4.50. The summed E-state index contributed by atoms with van der Waals surface area (Å²) in [6, 6.07) is 19.4. The van der Waals surface area contributed by atoms with Crippen LogP contribution in [0.3, 0.4) is 0 Å². The first-order chi connectivity index (χ1) is 16.9. The number of nitrogens with one attached hydrogen (secondary N) is 1. The Hall–Kier alpha value is -4.46. The van der Waals surface area contributed by atoms with Gasteiger partial charge in [-0.3, -0.25) is 9.59 Å². The van der Waals surface area contributed by atoms with Crippen LogP contribution in [0.4, 0.5) is 10.1 Å². The maximum atomic E-state index is 14.2. The minimum Gasteiger partial charge on any atom is -0.497 e. The van der Waals surface area contributed by atoms with E-state index in [4.69, 9.17) is 4.74 Å². The Morgan fingerprint density at radius 2 is 1.91 bits per heavy atom. The van der Waals surface area contributed by atoms with Crippen molar-refractivity contribution < 1.29 is 13.9 Å². The van der Waals surface area contributed by atoms with Crippen molar-refractivity contribution in [3.8, 4) is 17.0 Å². The second-order valence-corrected chi connectivity index (χ2v) is 8.41. The van der Waals surface area contributed by atoms with Gasteiger partial charge in [0, 0.05) is 29.9 Å². The molecule has 0 unspecified atom stereocenters. The molecule has 0 aromatic heterocycles. The average Bonchev–Trinajstić information content (AvgIpc) is 3.14. The zero-order valence-electron chi connectivity index (χ0n) is 19.3. The van der Waals surface area contributed by atoms with Crippen molar-refractivity contribution in [1.82, 2.24) is 14.3 Å². The van der Waals surface area contributed by atoms with Crippen LogP contribution in [0, 0.1) is 12.7 Å². The molecule has 2 aliphatic heterocycles. The minimum absolute atomic E-state index is 0.278. The lowest BCUT2D eigenvalue weighted by molar-refractivity contribution is -0.116. The van der Waals surface area contributed by atoms with Gasteiger partial charge in [-0.1, -0.05) is 35.9 Å². The number of rotatable bonds is 6. The molecule has 0 radical (unpaired) electrons. The van der Waals surface area contributed by atoms with E-state index < -0.39 is 17.3 Å². The first-order valence-electron chi connectivity index (χ1n) is 11.1. The summed E-state index contributed by atoms with van der Waals surface area (Å²) >= 11 is 0. The van der Waals surface area contributed by atoms with Crippen molar-refractivity contribution >= 4 is 22.5 Å². The number of carbonyl (C=O) groups is 1. The van der Waals surface area contributed by atoms with Crippen LogP contribution < -0.4 is 15.6 Å². The van der Waals surface area contributed by atoms with Gasteiger partial charge in [-0.2, -0.15) is 5.10 Å². The van der Waals surface area contributed by atoms with E-state index in [1.165, 1.54) is 19.2 Å². The number of pyridine rings is 1. The van der Waals surface area contributed by atoms with E-state index in [1.54, 1.807) is 36.5 Å². The molecule has 0 saturated heterocycles. The van der Waals surface area contributed by atoms with Crippen molar-refractivity contribution in [2.75, 3.05) is 12.4 Å². The second kappa shape index (κ2) is 9.06. The molecule has 5 rings (SSSR count). The predicted molar refractivity (Wildman–Crippen MR) is 132 cm³/mol. The minimum atomic E-state index is -0.426. The molecule has 2 aliphatic rings. The van der Waals surface area contributed by atoms with Crippen LogP contribution in [0.5, 0.6) is 5.75 Å². The SMILES string of the molecule is COc1cccc(NC(=O)Cn2nc3c4cc(F)ccc4n(Cc4cccc(C)c4)cc-3c2=O)c1. The molecular formula is C27H23FN4O3. The number of aromatic nitrogens is 3. The molecule has 3 aromatic carbocycles. The highest BCUT2D eigenvalue weighted by Crippen LogP contribution is 2.29. The second-order valence-electron chi connectivity index (χ2n) is 8.41. The fraction of sp³-hybridized carbons (Fsp3) is 0.148. The van der Waals surface area contributed by atoms with Gasteiger partial charge in [0.2, 0.25) is 5.91 Å². The summed E-state index contributed by atoms with van der Waals surface area (Å²) in [6.07, 6.45) is 1.73. The Bertz CT molecular complexity index is 1590. The van der Waals surface area contributed by atoms with E-state index in [1.807, 2.05) is 29.7 Å². The topological polar surface area (TPSA) is 78.2 Å². The summed E-state index contributed by atoms with van der Waals surface area (Å²) in [4.78, 5) is 25.8. The molecule has 1 amide bonds. The molecule has 0 bridgehead atoms. The molecule has 0 fully saturated rings. The Labute approximate surface area is 200 Å². The van der Waals surface area contributed by atoms with Crippen LogP contribution in [0.1, 0.15) is 11.1 Å². The molecule has 0 saturated carbocycles. The van der Waals surface area contributed by atoms with Gasteiger partial charge < -0.3 is 14.6 Å². The fourth-order valence-electron chi connectivity index (χ4n) is 4.23. The van der Waals surface area contributed by atoms with Crippen LogP contribution >= 0.6 is 0 Å². The number of nitrogens with zero attached hydrogens (tertiary/aromatic N) is 3. The summed E-state index contributed by atoms with van der Waals surface area (Å²) in [5.74, 6) is -0.236. The quantitative estimate of drug-likeness (QED) is 0.398. The number of halogens is 1. The lowest BCUT2D eigenvalue weighted by Gasteiger charge is -2.14. The Kier molecular flexibility index (Phi) is 5.78. The van der Waals surface area contributed by atoms with Crippen molar-refractivity contribution in [3.63, 3.8) is 0 Å². The molecule has 0 atom stereocenters. The number of hydrogen-bond acceptors (Lipinski definition) is 4. The van der Waals surface area contributed by atoms with Crippen LogP contribution in [0.25, 0.3) is 22.2 Å². The van der Waals surface area contributed by atoms with Gasteiger partial charge in [0.1, 0.15) is 23.8 Å². The molecular weight excluding hydrogens is 447 g/mol. The van der Waals surface area contributed by atoms with E-state index in [2.05, 4.69) is 16.5 Å². The number of hydrogen-bond donors (Lipinski definition) is 1. The number of fused-ring (bicyclic) bond motifs is 3. The molecule has 7 nitrogen and oxygen atoms in total. The van der Waals surface area contributed by atoms with E-state index in [9.17, 15) is 14.0 Å². The first kappa shape index (κ1) is 22.3. The summed E-state index contributed by atoms with van der Waals surface area (Å²) in [6.45, 7) is 2.24. The maximum Gasteiger partial charge on any atom is 0.278 e. The Balaban J connectivity index is 1.53. The van der Waals surface area contributed by atoms with Crippen LogP contribution in [0.15, 0.2) is 77.7 Å². The largest absolute Gasteiger partial charge is 0.497 e. The zero-order chi connectivity index (χ0) is 24.5. The zero-order valence-corrected chi connectivity index (χ0v) is 19.3. The predicted octanol–water partition coefficient (Wildman–Crippen LogP) is 4.45. The Morgan fingerprint density at radius 3 is 2.71 bits per heavy atom. The van der Waals surface area contributed by atoms with Crippen LogP contribution in [-0.2, 0) is 17.9 Å². The molecule has 2 heterocycles. The number of methoxy groups -OCH3 is 1. The summed E-state index contributed by atoms with van der Waals surface area (Å²) < 4.78 is 22.4. The van der Waals surface area contributed by atoms with Gasteiger partial charge in [-0.05, 0) is 42.8 Å². The highest BCUT2D eigenvalue weighted by molar-refractivity contribution is 5.94. The maximum absolute atomic E-state index is 14.2. The first-order valence-corrected chi connectivity index (χ1v) is 11.1. The molecule has 1 N–H and O–H groups in total. The van der Waals surface area contributed by atoms with E-state index in [-0.39, 0.29) is 6.54 Å². The summed E-state index contributed by atoms with van der Waals surface area (Å²) in [5, 5.41) is 7.66. The van der Waals surface area contributed by atoms with Gasteiger partial charge in [0.15, 0.2) is 0 Å². The molecule has 176 valence electrons. The van der Waals surface area contributed by atoms with Crippen molar-refractivity contribution in [3.05, 3.63) is 100 Å². The normalized spacial score (nSPS) is 11.2. The van der Waals surface area contributed by atoms with Gasteiger partial charge >= 0.3 is 0 Å². The van der Waals surface area contributed by atoms with E-state index in [0.717, 1.165) is 21.3 Å². The van der Waals surface area contributed by atoms with E-state index >= 15 is 0 Å². The Morgan fingerprint density at radius 1 is 1.09 bits per heavy atom. The number of anilines is 1. The summed E-state index contributed by atoms with van der Waals surface area (Å²) in [5.41, 5.74) is 3.73. The van der Waals surface area contributed by atoms with Gasteiger partial charge in [-0.25, -0.2) is 9.07 Å². The van der Waals surface area contributed by atoms with E-state index in [0.29, 0.717) is 34.6 Å². The van der Waals surface area contributed by atoms with Crippen LogP contribution in [0.2, 0.25) is 0 Å². The third-order valence-corrected chi connectivity index (χ3v) is 5.83. The number of benzene rings is 3. The van der Waals surface area contributed by atoms with Crippen molar-refractivity contribution in [2.45, 2.75) is 20.0 Å². The van der Waals surface area contributed by atoms with Gasteiger partial charge in [-0.15, -0.1) is 0 Å². The van der Waals surface area contributed by atoms with Gasteiger partial charge in [0.05, 0.1) is 18.2 Å². The molecule has 8 heteroatoms. The molecule has 0 aliphatic carbocycles. The number of aryl methyl sites for hydroxylation is 1. The fourth-order valence-corrected chi connectivity index (χ4v) is 4.23. The van der Waals surface area contributed by atoms with Crippen LogP contribution in [-0.4, -0.2) is 27.4 Å². The number of amides is 1. The standard InChI is InChI=1S/C27H23FN4O3/c1-17-5-3-6-18(11-17)14-31-15-23-26(22-12-19(28)9-10-24(22)31)30-32(27(23)34)16-25(33)29-20-7-4-8-21(13-20)35-2/h3-13,15H,14,16H2,1-2H3,(H,29,33). The number of carbonyl (C=O) groups excluding carboxylic acids is 1. The number of ether oxygens (including phenoxy) is 1. The molecule has 35 heavy (non-hydrogen) atoms. The highest BCUT2D eigenvalue weighted by Gasteiger charge is 2.22. The average molecular weight is 471 g/mol. The monoisotopic (exact) mass is 470 g/mol. The lowest BCUT2D eigenvalue weighted by Crippen LogP contribution is -2.26. The smallest absolute Gasteiger partial charge is 0.278 e. The van der Waals surface area contributed by atoms with Crippen molar-refractivity contribution in [2.24, 2.45) is 0 Å². The third-order valence-electron chi connectivity index (χ3n) is 5.83. The van der Waals surface area contributed by atoms with Crippen molar-refractivity contribution in [1.29, 1.82) is 0 Å². The highest BCUT2D eigenvalue weighted by atomic mass is 19.1. The van der Waals surface area contributed by atoms with Gasteiger partial charge in [0.25, 0.3) is 5.56 Å². The molecule has 0 spiro atoms. The summed E-state index contributed by atoms with van der Waals surface area (Å²) in [7, 11) is 1.54. The molecule has 3 aromatic rings. The lowest BCUT2D eigenvalue weighted by atomic mass is 10.1.